The van der Waals surface area contributed by atoms with E-state index >= 15 is 0 Å². The van der Waals surface area contributed by atoms with Gasteiger partial charge in [-0.3, -0.25) is 14.5 Å². The zero-order valence-electron chi connectivity index (χ0n) is 15.2. The van der Waals surface area contributed by atoms with Crippen LogP contribution in [0.2, 0.25) is 0 Å². The summed E-state index contributed by atoms with van der Waals surface area (Å²) in [6, 6.07) is 6.37. The van der Waals surface area contributed by atoms with Crippen molar-refractivity contribution in [3.05, 3.63) is 35.6 Å². The summed E-state index contributed by atoms with van der Waals surface area (Å²) >= 11 is 0. The minimum atomic E-state index is -0.533. The molecular formula is C19H27FN2O3. The Labute approximate surface area is 148 Å². The number of benzene rings is 1. The maximum Gasteiger partial charge on any atom is 0.223 e. The Balaban J connectivity index is 1.87. The van der Waals surface area contributed by atoms with Crippen LogP contribution in [0.25, 0.3) is 0 Å². The lowest BCUT2D eigenvalue weighted by atomic mass is 10.0. The van der Waals surface area contributed by atoms with Crippen LogP contribution in [0.4, 0.5) is 4.39 Å². The maximum absolute atomic E-state index is 13.6. The molecule has 1 aliphatic rings. The Hall–Kier alpha value is -1.79. The van der Waals surface area contributed by atoms with E-state index in [1.165, 1.54) is 12.1 Å². The first-order valence-corrected chi connectivity index (χ1v) is 8.74. The Bertz CT molecular complexity index is 596. The molecule has 0 saturated carbocycles. The average molecular weight is 350 g/mol. The van der Waals surface area contributed by atoms with Crippen molar-refractivity contribution in [2.24, 2.45) is 0 Å². The topological polar surface area (TPSA) is 49.9 Å². The third kappa shape index (κ3) is 5.09. The smallest absolute Gasteiger partial charge is 0.223 e. The number of hydrogen-bond acceptors (Lipinski definition) is 4. The van der Waals surface area contributed by atoms with Gasteiger partial charge in [-0.1, -0.05) is 12.1 Å². The second-order valence-electron chi connectivity index (χ2n) is 6.63. The molecule has 1 fully saturated rings. The van der Waals surface area contributed by atoms with E-state index in [0.717, 1.165) is 6.54 Å². The molecule has 2 atom stereocenters. The molecule has 138 valence electrons. The van der Waals surface area contributed by atoms with Crippen molar-refractivity contribution in [1.29, 1.82) is 0 Å². The fraction of sp³-hybridized carbons (Fsp3) is 0.579. The number of amides is 1. The maximum atomic E-state index is 13.6. The number of methoxy groups -OCH3 is 1. The fourth-order valence-corrected chi connectivity index (χ4v) is 3.40. The molecule has 0 radical (unpaired) electrons. The second-order valence-corrected chi connectivity index (χ2v) is 6.63. The predicted molar refractivity (Wildman–Crippen MR) is 94.1 cm³/mol. The van der Waals surface area contributed by atoms with Crippen molar-refractivity contribution in [2.75, 3.05) is 33.4 Å². The molecule has 1 saturated heterocycles. The molecule has 1 heterocycles. The summed E-state index contributed by atoms with van der Waals surface area (Å²) in [5, 5.41) is 0. The van der Waals surface area contributed by atoms with Crippen LogP contribution in [-0.2, 0) is 9.53 Å². The standard InChI is InChI=1S/C19H27FN2O3/c1-14-12-21(13-15(2)22(14)10-11-25-3)19(24)9-8-18(23)16-6-4-5-7-17(16)20/h4-7,14-15H,8-13H2,1-3H3. The van der Waals surface area contributed by atoms with E-state index in [-0.39, 0.29) is 42.2 Å². The number of carbonyl (C=O) groups is 2. The van der Waals surface area contributed by atoms with Gasteiger partial charge < -0.3 is 9.64 Å². The minimum absolute atomic E-state index is 0.0341. The molecule has 1 amide bonds. The number of nitrogens with zero attached hydrogens (tertiary/aromatic N) is 2. The van der Waals surface area contributed by atoms with Crippen LogP contribution in [0.5, 0.6) is 0 Å². The van der Waals surface area contributed by atoms with Gasteiger partial charge in [0.1, 0.15) is 5.82 Å². The SMILES string of the molecule is COCCN1C(C)CN(C(=O)CCC(=O)c2ccccc2F)CC1C. The third-order valence-corrected chi connectivity index (χ3v) is 4.75. The van der Waals surface area contributed by atoms with E-state index in [4.69, 9.17) is 4.74 Å². The van der Waals surface area contributed by atoms with Gasteiger partial charge in [0.2, 0.25) is 5.91 Å². The van der Waals surface area contributed by atoms with Gasteiger partial charge in [-0.15, -0.1) is 0 Å². The summed E-state index contributed by atoms with van der Waals surface area (Å²) in [7, 11) is 1.68. The van der Waals surface area contributed by atoms with Crippen molar-refractivity contribution in [1.82, 2.24) is 9.80 Å². The number of ketones is 1. The molecule has 0 spiro atoms. The molecule has 1 aromatic rings. The monoisotopic (exact) mass is 350 g/mol. The lowest BCUT2D eigenvalue weighted by molar-refractivity contribution is -0.135. The minimum Gasteiger partial charge on any atom is -0.383 e. The number of hydrogen-bond donors (Lipinski definition) is 0. The summed E-state index contributed by atoms with van der Waals surface area (Å²) < 4.78 is 18.8. The van der Waals surface area contributed by atoms with E-state index in [1.807, 2.05) is 4.90 Å². The molecule has 1 aliphatic heterocycles. The number of carbonyl (C=O) groups excluding carboxylic acids is 2. The number of halogens is 1. The van der Waals surface area contributed by atoms with E-state index in [2.05, 4.69) is 18.7 Å². The fourth-order valence-electron chi connectivity index (χ4n) is 3.40. The van der Waals surface area contributed by atoms with Crippen molar-refractivity contribution < 1.29 is 18.7 Å². The number of piperazine rings is 1. The molecular weight excluding hydrogens is 323 g/mol. The van der Waals surface area contributed by atoms with Crippen LogP contribution in [0.1, 0.15) is 37.0 Å². The number of Topliss-reactive ketones (excluding diaryl/α,β-unsaturated/α-hetero) is 1. The molecule has 6 heteroatoms. The summed E-state index contributed by atoms with van der Waals surface area (Å²) in [6.45, 7) is 6.97. The highest BCUT2D eigenvalue weighted by Gasteiger charge is 2.31. The van der Waals surface area contributed by atoms with Crippen molar-refractivity contribution >= 4 is 11.7 Å². The van der Waals surface area contributed by atoms with Gasteiger partial charge in [-0.2, -0.15) is 0 Å². The molecule has 0 bridgehead atoms. The van der Waals surface area contributed by atoms with Gasteiger partial charge in [0.25, 0.3) is 0 Å². The molecule has 2 unspecified atom stereocenters. The first-order valence-electron chi connectivity index (χ1n) is 8.74. The average Bonchev–Trinajstić information content (AvgIpc) is 2.59. The van der Waals surface area contributed by atoms with Crippen molar-refractivity contribution in [3.8, 4) is 0 Å². The van der Waals surface area contributed by atoms with Crippen molar-refractivity contribution in [2.45, 2.75) is 38.8 Å². The first-order chi connectivity index (χ1) is 11.9. The Morgan fingerprint density at radius 2 is 1.80 bits per heavy atom. The van der Waals surface area contributed by atoms with Crippen molar-refractivity contribution in [3.63, 3.8) is 0 Å². The van der Waals surface area contributed by atoms with E-state index < -0.39 is 5.82 Å². The van der Waals surface area contributed by atoms with Gasteiger partial charge in [-0.25, -0.2) is 4.39 Å². The first kappa shape index (κ1) is 19.5. The van der Waals surface area contributed by atoms with Gasteiger partial charge in [0.05, 0.1) is 12.2 Å². The lowest BCUT2D eigenvalue weighted by Gasteiger charge is -2.44. The summed E-state index contributed by atoms with van der Waals surface area (Å²) in [6.07, 6.45) is 0.150. The lowest BCUT2D eigenvalue weighted by Crippen LogP contribution is -2.58. The molecule has 0 N–H and O–H groups in total. The third-order valence-electron chi connectivity index (χ3n) is 4.75. The molecule has 1 aromatic carbocycles. The van der Waals surface area contributed by atoms with Gasteiger partial charge in [-0.05, 0) is 26.0 Å². The normalized spacial score (nSPS) is 21.4. The largest absolute Gasteiger partial charge is 0.383 e. The zero-order valence-corrected chi connectivity index (χ0v) is 15.2. The molecule has 25 heavy (non-hydrogen) atoms. The summed E-state index contributed by atoms with van der Waals surface area (Å²) in [4.78, 5) is 28.7. The summed E-state index contributed by atoms with van der Waals surface area (Å²) in [5.74, 6) is -0.907. The van der Waals surface area contributed by atoms with Gasteiger partial charge >= 0.3 is 0 Å². The molecule has 0 aromatic heterocycles. The van der Waals surface area contributed by atoms with E-state index in [1.54, 1.807) is 19.2 Å². The Morgan fingerprint density at radius 1 is 1.16 bits per heavy atom. The van der Waals surface area contributed by atoms with Gasteiger partial charge in [0.15, 0.2) is 5.78 Å². The highest BCUT2D eigenvalue weighted by Crippen LogP contribution is 2.17. The number of rotatable bonds is 7. The Kier molecular flexibility index (Phi) is 7.08. The quantitative estimate of drug-likeness (QED) is 0.709. The van der Waals surface area contributed by atoms with Gasteiger partial charge in [0, 0.05) is 51.7 Å². The highest BCUT2D eigenvalue weighted by molar-refractivity contribution is 5.98. The highest BCUT2D eigenvalue weighted by atomic mass is 19.1. The van der Waals surface area contributed by atoms with E-state index in [9.17, 15) is 14.0 Å². The second kappa shape index (κ2) is 9.06. The van der Waals surface area contributed by atoms with Crippen LogP contribution >= 0.6 is 0 Å². The number of ether oxygens (including phenoxy) is 1. The van der Waals surface area contributed by atoms with Crippen LogP contribution in [-0.4, -0.2) is 66.9 Å². The van der Waals surface area contributed by atoms with Crippen LogP contribution in [0.15, 0.2) is 24.3 Å². The van der Waals surface area contributed by atoms with Crippen LogP contribution < -0.4 is 0 Å². The predicted octanol–water partition coefficient (Wildman–Crippen LogP) is 2.36. The molecule has 0 aliphatic carbocycles. The zero-order chi connectivity index (χ0) is 18.4. The van der Waals surface area contributed by atoms with E-state index in [0.29, 0.717) is 19.7 Å². The van der Waals surface area contributed by atoms with Crippen LogP contribution in [0, 0.1) is 5.82 Å². The summed E-state index contributed by atoms with van der Waals surface area (Å²) in [5.41, 5.74) is 0.0569. The Morgan fingerprint density at radius 3 is 2.40 bits per heavy atom. The molecule has 5 nitrogen and oxygen atoms in total. The van der Waals surface area contributed by atoms with Crippen LogP contribution in [0.3, 0.4) is 0 Å². The molecule has 2 rings (SSSR count).